The summed E-state index contributed by atoms with van der Waals surface area (Å²) in [4.78, 5) is 17.2. The summed E-state index contributed by atoms with van der Waals surface area (Å²) in [5.41, 5.74) is 3.11. The number of aromatic nitrogens is 1. The van der Waals surface area contributed by atoms with Crippen molar-refractivity contribution in [3.63, 3.8) is 0 Å². The van der Waals surface area contributed by atoms with Crippen molar-refractivity contribution in [1.82, 2.24) is 4.98 Å². The summed E-state index contributed by atoms with van der Waals surface area (Å²) >= 11 is -2.69. The van der Waals surface area contributed by atoms with E-state index in [1.54, 1.807) is 0 Å². The number of esters is 1. The van der Waals surface area contributed by atoms with E-state index in [4.69, 9.17) is 9.15 Å². The third kappa shape index (κ3) is 5.11. The number of hydrogen-bond acceptors (Lipinski definition) is 4. The van der Waals surface area contributed by atoms with E-state index in [0.29, 0.717) is 17.8 Å². The zero-order valence-corrected chi connectivity index (χ0v) is 21.3. The molecule has 0 unspecified atom stereocenters. The molecule has 1 aromatic heterocycles. The van der Waals surface area contributed by atoms with Crippen LogP contribution < -0.4 is 3.58 Å². The summed E-state index contributed by atoms with van der Waals surface area (Å²) in [7, 11) is 0. The Morgan fingerprint density at radius 3 is 2.11 bits per heavy atom. The average Bonchev–Trinajstić information content (AvgIpc) is 3.16. The second kappa shape index (κ2) is 11.2. The quantitative estimate of drug-likeness (QED) is 0.254. The summed E-state index contributed by atoms with van der Waals surface area (Å²) in [5.74, 6) is -0.301. The number of oxazole rings is 1. The van der Waals surface area contributed by atoms with Crippen LogP contribution in [0, 0.1) is 6.92 Å². The molecule has 0 amide bonds. The fourth-order valence-corrected chi connectivity index (χ4v) is 21.0. The Morgan fingerprint density at radius 2 is 1.61 bits per heavy atom. The Balaban J connectivity index is 2.66. The van der Waals surface area contributed by atoms with Gasteiger partial charge in [-0.25, -0.2) is 0 Å². The van der Waals surface area contributed by atoms with Crippen molar-refractivity contribution in [2.75, 3.05) is 6.61 Å². The number of nitrogens with zero attached hydrogens (tertiary/aromatic N) is 1. The molecule has 1 aromatic carbocycles. The van der Waals surface area contributed by atoms with Gasteiger partial charge in [-0.05, 0) is 0 Å². The topological polar surface area (TPSA) is 52.3 Å². The normalized spacial score (nSPS) is 11.9. The second-order valence-electron chi connectivity index (χ2n) is 7.96. The van der Waals surface area contributed by atoms with Crippen LogP contribution in [0.15, 0.2) is 16.9 Å². The third-order valence-corrected chi connectivity index (χ3v) is 21.5. The molecule has 28 heavy (non-hydrogen) atoms. The van der Waals surface area contributed by atoms with E-state index < -0.39 is 18.4 Å². The first-order valence-electron chi connectivity index (χ1n) is 11.1. The number of carbonyl (C=O) groups excluding carboxylic acids is 1. The fraction of sp³-hybridized carbons (Fsp3) is 0.652. The van der Waals surface area contributed by atoms with Crippen molar-refractivity contribution in [2.24, 2.45) is 0 Å². The Bertz CT molecular complexity index is 747. The first-order valence-corrected chi connectivity index (χ1v) is 18.6. The average molecular weight is 494 g/mol. The first-order chi connectivity index (χ1) is 13.5. The van der Waals surface area contributed by atoms with Crippen LogP contribution in [0.25, 0.3) is 11.1 Å². The molecule has 2 aromatic rings. The van der Waals surface area contributed by atoms with Gasteiger partial charge in [0.2, 0.25) is 0 Å². The van der Waals surface area contributed by atoms with Gasteiger partial charge < -0.3 is 0 Å². The second-order valence-corrected chi connectivity index (χ2v) is 21.1. The van der Waals surface area contributed by atoms with Gasteiger partial charge >= 0.3 is 175 Å². The van der Waals surface area contributed by atoms with Gasteiger partial charge in [-0.1, -0.05) is 0 Å². The van der Waals surface area contributed by atoms with Gasteiger partial charge in [0.05, 0.1) is 0 Å². The molecule has 0 aliphatic rings. The monoisotopic (exact) mass is 495 g/mol. The van der Waals surface area contributed by atoms with Crippen LogP contribution in [0.5, 0.6) is 0 Å². The minimum absolute atomic E-state index is 0.301. The zero-order valence-electron chi connectivity index (χ0n) is 18.4. The van der Waals surface area contributed by atoms with Gasteiger partial charge in [0.1, 0.15) is 0 Å². The molecule has 0 N–H and O–H groups in total. The predicted octanol–water partition coefficient (Wildman–Crippen LogP) is 6.37. The van der Waals surface area contributed by atoms with Crippen LogP contribution in [0.3, 0.4) is 0 Å². The van der Waals surface area contributed by atoms with Gasteiger partial charge in [0.25, 0.3) is 0 Å². The molecule has 1 heterocycles. The van der Waals surface area contributed by atoms with Crippen LogP contribution >= 0.6 is 0 Å². The van der Waals surface area contributed by atoms with E-state index in [1.165, 1.54) is 61.8 Å². The van der Waals surface area contributed by atoms with Crippen LogP contribution in [-0.4, -0.2) is 35.9 Å². The maximum absolute atomic E-state index is 12.6. The number of hydrogen-bond donors (Lipinski definition) is 0. The van der Waals surface area contributed by atoms with E-state index in [0.717, 1.165) is 11.1 Å². The number of fused-ring (bicyclic) bond motifs is 1. The molecule has 0 fully saturated rings. The van der Waals surface area contributed by atoms with Crippen molar-refractivity contribution < 1.29 is 13.9 Å². The maximum atomic E-state index is 12.6. The molecule has 5 heteroatoms. The summed E-state index contributed by atoms with van der Waals surface area (Å²) in [6.45, 7) is 11.1. The molecule has 0 saturated carbocycles. The zero-order chi connectivity index (χ0) is 20.6. The summed E-state index contributed by atoms with van der Waals surface area (Å²) in [5, 5.41) is 0. The number of aryl methyl sites for hydroxylation is 1. The number of rotatable bonds is 12. The van der Waals surface area contributed by atoms with E-state index in [2.05, 4.69) is 31.8 Å². The molecule has 0 spiro atoms. The number of ether oxygens (including phenoxy) is 1. The van der Waals surface area contributed by atoms with E-state index in [1.807, 2.05) is 13.8 Å². The SMILES string of the molecule is CCC[CH2][Sn]([CH2]CCC)([CH2]CCC)[c]1cc(C)c(C(=O)OCC)c2ocnc12. The van der Waals surface area contributed by atoms with Crippen LogP contribution in [0.2, 0.25) is 13.3 Å². The third-order valence-electron chi connectivity index (χ3n) is 5.88. The Labute approximate surface area is 174 Å². The molecular formula is C23H37NO3Sn. The number of carbonyl (C=O) groups is 1. The first kappa shape index (κ1) is 23.2. The molecular weight excluding hydrogens is 457 g/mol. The van der Waals surface area contributed by atoms with Gasteiger partial charge in [-0.2, -0.15) is 0 Å². The summed E-state index contributed by atoms with van der Waals surface area (Å²) in [6, 6.07) is 2.29. The van der Waals surface area contributed by atoms with Crippen molar-refractivity contribution >= 4 is 39.0 Å². The molecule has 2 rings (SSSR count). The van der Waals surface area contributed by atoms with E-state index >= 15 is 0 Å². The molecule has 0 saturated heterocycles. The van der Waals surface area contributed by atoms with E-state index in [9.17, 15) is 4.79 Å². The number of unbranched alkanes of at least 4 members (excludes halogenated alkanes) is 3. The van der Waals surface area contributed by atoms with Gasteiger partial charge in [0, 0.05) is 0 Å². The van der Waals surface area contributed by atoms with Gasteiger partial charge in [-0.3, -0.25) is 0 Å². The van der Waals surface area contributed by atoms with Crippen molar-refractivity contribution in [1.29, 1.82) is 0 Å². The molecule has 0 bridgehead atoms. The molecule has 0 aliphatic heterocycles. The molecule has 0 aliphatic carbocycles. The van der Waals surface area contributed by atoms with Crippen LogP contribution in [-0.2, 0) is 4.74 Å². The van der Waals surface area contributed by atoms with Gasteiger partial charge in [0.15, 0.2) is 0 Å². The fourth-order valence-electron chi connectivity index (χ4n) is 4.34. The standard InChI is InChI=1S/C11H10NO3.3C4H9.Sn/c1-3-14-11(13)9-7(2)4-5-8-10(9)15-6-12-8;3*1-3-4-2;/h4,6H,3H2,1-2H3;3*1,3-4H2,2H3;. The Hall–Kier alpha value is -1.04. The van der Waals surface area contributed by atoms with Crippen molar-refractivity contribution in [2.45, 2.75) is 86.5 Å². The predicted molar refractivity (Wildman–Crippen MR) is 119 cm³/mol. The molecule has 0 radical (unpaired) electrons. The van der Waals surface area contributed by atoms with Crippen molar-refractivity contribution in [3.05, 3.63) is 23.6 Å². The van der Waals surface area contributed by atoms with Crippen molar-refractivity contribution in [3.8, 4) is 0 Å². The Kier molecular flexibility index (Phi) is 9.31. The molecule has 0 atom stereocenters. The molecule has 4 nitrogen and oxygen atoms in total. The van der Waals surface area contributed by atoms with Crippen LogP contribution in [0.4, 0.5) is 0 Å². The van der Waals surface area contributed by atoms with Gasteiger partial charge in [-0.15, -0.1) is 0 Å². The van der Waals surface area contributed by atoms with E-state index in [-0.39, 0.29) is 5.97 Å². The number of benzene rings is 1. The Morgan fingerprint density at radius 1 is 1.04 bits per heavy atom. The molecule has 156 valence electrons. The summed E-state index contributed by atoms with van der Waals surface area (Å²) < 4.78 is 16.6. The van der Waals surface area contributed by atoms with Crippen LogP contribution in [0.1, 0.15) is 82.1 Å². The summed E-state index contributed by atoms with van der Waals surface area (Å²) in [6.07, 6.45) is 9.09. The minimum atomic E-state index is -2.69.